The number of benzene rings is 2. The zero-order chi connectivity index (χ0) is 18.3. The van der Waals surface area contributed by atoms with E-state index < -0.39 is 11.4 Å². The first-order valence-corrected chi connectivity index (χ1v) is 8.70. The molecule has 5 heteroatoms. The van der Waals surface area contributed by atoms with E-state index in [-0.39, 0.29) is 5.91 Å². The van der Waals surface area contributed by atoms with E-state index in [1.54, 1.807) is 35.2 Å². The van der Waals surface area contributed by atoms with Crippen molar-refractivity contribution in [2.75, 3.05) is 11.4 Å². The third-order valence-corrected chi connectivity index (χ3v) is 5.65. The van der Waals surface area contributed by atoms with Crippen molar-refractivity contribution in [2.45, 2.75) is 25.7 Å². The van der Waals surface area contributed by atoms with Crippen molar-refractivity contribution >= 4 is 17.6 Å². The maximum absolute atomic E-state index is 13.2. The molecule has 2 aliphatic rings. The molecule has 0 bridgehead atoms. The molecule has 1 fully saturated rings. The van der Waals surface area contributed by atoms with E-state index in [2.05, 4.69) is 6.07 Å². The fourth-order valence-electron chi connectivity index (χ4n) is 4.20. The van der Waals surface area contributed by atoms with Crippen LogP contribution in [0.15, 0.2) is 42.5 Å². The summed E-state index contributed by atoms with van der Waals surface area (Å²) in [6.45, 7) is 0.649. The first-order chi connectivity index (χ1) is 12.5. The average Bonchev–Trinajstić information content (AvgIpc) is 2.97. The van der Waals surface area contributed by atoms with Gasteiger partial charge in [0.05, 0.1) is 22.6 Å². The van der Waals surface area contributed by atoms with Crippen LogP contribution in [0.1, 0.15) is 39.9 Å². The minimum atomic E-state index is -0.923. The zero-order valence-electron chi connectivity index (χ0n) is 14.2. The standard InChI is InChI=1S/C21H18N2O3/c22-13-14-2-1-3-18(10-14)23-9-8-21(20(23)26)7-6-15-11-16(19(24)25)4-5-17(15)12-21/h1-5,10-11H,6-9,12H2,(H,24,25)/t21-/m0/s1. The number of carboxylic acid groups (broad SMARTS) is 1. The van der Waals surface area contributed by atoms with E-state index in [1.807, 2.05) is 12.1 Å². The van der Waals surface area contributed by atoms with Crippen molar-refractivity contribution in [1.29, 1.82) is 5.26 Å². The number of amides is 1. The Kier molecular flexibility index (Phi) is 3.77. The van der Waals surface area contributed by atoms with Gasteiger partial charge in [-0.25, -0.2) is 4.79 Å². The van der Waals surface area contributed by atoms with Crippen LogP contribution >= 0.6 is 0 Å². The number of rotatable bonds is 2. The Balaban J connectivity index is 1.62. The van der Waals surface area contributed by atoms with Gasteiger partial charge in [-0.3, -0.25) is 4.79 Å². The normalized spacial score (nSPS) is 21.5. The molecule has 1 aliphatic heterocycles. The van der Waals surface area contributed by atoms with Crippen molar-refractivity contribution < 1.29 is 14.7 Å². The van der Waals surface area contributed by atoms with Gasteiger partial charge in [-0.15, -0.1) is 0 Å². The number of carbonyl (C=O) groups excluding carboxylic acids is 1. The number of anilines is 1. The molecule has 0 aromatic heterocycles. The topological polar surface area (TPSA) is 81.4 Å². The molecule has 0 saturated carbocycles. The van der Waals surface area contributed by atoms with E-state index in [4.69, 9.17) is 10.4 Å². The SMILES string of the molecule is N#Cc1cccc(N2CC[C@]3(CCc4cc(C(=O)O)ccc4C3)C2=O)c1. The highest BCUT2D eigenvalue weighted by molar-refractivity contribution is 6.00. The Morgan fingerprint density at radius 3 is 2.77 bits per heavy atom. The molecule has 1 aliphatic carbocycles. The van der Waals surface area contributed by atoms with Crippen LogP contribution in [0.25, 0.3) is 0 Å². The molecule has 4 rings (SSSR count). The fourth-order valence-corrected chi connectivity index (χ4v) is 4.20. The number of hydrogen-bond acceptors (Lipinski definition) is 3. The largest absolute Gasteiger partial charge is 0.478 e. The van der Waals surface area contributed by atoms with Crippen LogP contribution < -0.4 is 4.90 Å². The quantitative estimate of drug-likeness (QED) is 0.905. The van der Waals surface area contributed by atoms with Crippen molar-refractivity contribution in [3.05, 3.63) is 64.7 Å². The Morgan fingerprint density at radius 1 is 1.15 bits per heavy atom. The van der Waals surface area contributed by atoms with E-state index in [0.29, 0.717) is 30.5 Å². The summed E-state index contributed by atoms with van der Waals surface area (Å²) in [7, 11) is 0. The van der Waals surface area contributed by atoms with Crippen LogP contribution in [-0.2, 0) is 17.6 Å². The van der Waals surface area contributed by atoms with Gasteiger partial charge in [-0.2, -0.15) is 5.26 Å². The van der Waals surface area contributed by atoms with Gasteiger partial charge in [0.25, 0.3) is 0 Å². The summed E-state index contributed by atoms with van der Waals surface area (Å²) in [5.41, 5.74) is 3.31. The lowest BCUT2D eigenvalue weighted by Gasteiger charge is -2.33. The lowest BCUT2D eigenvalue weighted by Crippen LogP contribution is -2.38. The van der Waals surface area contributed by atoms with Gasteiger partial charge in [-0.1, -0.05) is 12.1 Å². The molecule has 1 spiro atoms. The van der Waals surface area contributed by atoms with Crippen LogP contribution in [0.2, 0.25) is 0 Å². The molecule has 2 aromatic rings. The summed E-state index contributed by atoms with van der Waals surface area (Å²) < 4.78 is 0. The smallest absolute Gasteiger partial charge is 0.335 e. The van der Waals surface area contributed by atoms with E-state index in [0.717, 1.165) is 29.7 Å². The molecular weight excluding hydrogens is 328 g/mol. The summed E-state index contributed by atoms with van der Waals surface area (Å²) in [5, 5.41) is 18.2. The second-order valence-corrected chi connectivity index (χ2v) is 7.11. The summed E-state index contributed by atoms with van der Waals surface area (Å²) in [6, 6.07) is 14.5. The summed E-state index contributed by atoms with van der Waals surface area (Å²) in [5.74, 6) is -0.811. The maximum atomic E-state index is 13.2. The molecule has 1 N–H and O–H groups in total. The zero-order valence-corrected chi connectivity index (χ0v) is 14.2. The highest BCUT2D eigenvalue weighted by Crippen LogP contribution is 2.45. The van der Waals surface area contributed by atoms with Gasteiger partial charge in [0.15, 0.2) is 0 Å². The predicted molar refractivity (Wildman–Crippen MR) is 96.0 cm³/mol. The number of aryl methyl sites for hydroxylation is 1. The first kappa shape index (κ1) is 16.3. The van der Waals surface area contributed by atoms with Gasteiger partial charge in [0.2, 0.25) is 5.91 Å². The highest BCUT2D eigenvalue weighted by Gasteiger charge is 2.48. The van der Waals surface area contributed by atoms with Crippen molar-refractivity contribution in [1.82, 2.24) is 0 Å². The van der Waals surface area contributed by atoms with Crippen LogP contribution in [0.4, 0.5) is 5.69 Å². The Labute approximate surface area is 151 Å². The molecule has 0 radical (unpaired) electrons. The Morgan fingerprint density at radius 2 is 2.00 bits per heavy atom. The van der Waals surface area contributed by atoms with Crippen molar-refractivity contribution in [3.8, 4) is 6.07 Å². The molecule has 1 amide bonds. The number of aromatic carboxylic acids is 1. The third-order valence-electron chi connectivity index (χ3n) is 5.65. The van der Waals surface area contributed by atoms with Gasteiger partial charge >= 0.3 is 5.97 Å². The maximum Gasteiger partial charge on any atom is 0.335 e. The Hall–Kier alpha value is -3.13. The Bertz CT molecular complexity index is 960. The number of carboxylic acids is 1. The predicted octanol–water partition coefficient (Wildman–Crippen LogP) is 3.17. The van der Waals surface area contributed by atoms with Crippen molar-refractivity contribution in [2.24, 2.45) is 5.41 Å². The minimum absolute atomic E-state index is 0.112. The third kappa shape index (κ3) is 2.55. The first-order valence-electron chi connectivity index (χ1n) is 8.70. The number of fused-ring (bicyclic) bond motifs is 1. The summed E-state index contributed by atoms with van der Waals surface area (Å²) in [6.07, 6.45) is 2.88. The molecule has 1 heterocycles. The summed E-state index contributed by atoms with van der Waals surface area (Å²) >= 11 is 0. The number of nitrogens with zero attached hydrogens (tertiary/aromatic N) is 2. The van der Waals surface area contributed by atoms with Gasteiger partial charge < -0.3 is 10.0 Å². The molecule has 2 aromatic carbocycles. The highest BCUT2D eigenvalue weighted by atomic mass is 16.4. The number of nitriles is 1. The lowest BCUT2D eigenvalue weighted by molar-refractivity contribution is -0.126. The minimum Gasteiger partial charge on any atom is -0.478 e. The van der Waals surface area contributed by atoms with Crippen LogP contribution in [0.3, 0.4) is 0 Å². The molecule has 0 unspecified atom stereocenters. The molecule has 1 atom stereocenters. The summed E-state index contributed by atoms with van der Waals surface area (Å²) in [4.78, 5) is 26.2. The monoisotopic (exact) mass is 346 g/mol. The van der Waals surface area contributed by atoms with Crippen LogP contribution in [0.5, 0.6) is 0 Å². The fraction of sp³-hybridized carbons (Fsp3) is 0.286. The molecule has 130 valence electrons. The van der Waals surface area contributed by atoms with E-state index >= 15 is 0 Å². The van der Waals surface area contributed by atoms with Gasteiger partial charge in [0, 0.05) is 12.2 Å². The molecule has 26 heavy (non-hydrogen) atoms. The molecule has 1 saturated heterocycles. The van der Waals surface area contributed by atoms with E-state index in [9.17, 15) is 9.59 Å². The average molecular weight is 346 g/mol. The number of hydrogen-bond donors (Lipinski definition) is 1. The van der Waals surface area contributed by atoms with Gasteiger partial charge in [-0.05, 0) is 67.1 Å². The molecule has 5 nitrogen and oxygen atoms in total. The second kappa shape index (κ2) is 5.99. The molecular formula is C21H18N2O3. The van der Waals surface area contributed by atoms with Crippen LogP contribution in [-0.4, -0.2) is 23.5 Å². The lowest BCUT2D eigenvalue weighted by atomic mass is 9.70. The van der Waals surface area contributed by atoms with E-state index in [1.165, 1.54) is 0 Å². The second-order valence-electron chi connectivity index (χ2n) is 7.11. The number of carbonyl (C=O) groups is 2. The van der Waals surface area contributed by atoms with Crippen molar-refractivity contribution in [3.63, 3.8) is 0 Å². The van der Waals surface area contributed by atoms with Crippen LogP contribution in [0, 0.1) is 16.7 Å². The van der Waals surface area contributed by atoms with Gasteiger partial charge in [0.1, 0.15) is 0 Å².